The van der Waals surface area contributed by atoms with E-state index < -0.39 is 0 Å². The van der Waals surface area contributed by atoms with E-state index >= 15 is 0 Å². The van der Waals surface area contributed by atoms with Gasteiger partial charge >= 0.3 is 0 Å². The Balaban J connectivity index is 2.65. The zero-order valence-electron chi connectivity index (χ0n) is 13.0. The molecule has 18 heavy (non-hydrogen) atoms. The van der Waals surface area contributed by atoms with Crippen LogP contribution in [0.5, 0.6) is 0 Å². The summed E-state index contributed by atoms with van der Waals surface area (Å²) in [4.78, 5) is 2.58. The highest BCUT2D eigenvalue weighted by Crippen LogP contribution is 2.27. The molecule has 0 bridgehead atoms. The van der Waals surface area contributed by atoms with Crippen molar-refractivity contribution < 1.29 is 4.74 Å². The number of hydrogen-bond donors (Lipinski definition) is 1. The highest BCUT2D eigenvalue weighted by atomic mass is 16.5. The van der Waals surface area contributed by atoms with Gasteiger partial charge in [0.25, 0.3) is 0 Å². The summed E-state index contributed by atoms with van der Waals surface area (Å²) in [6.07, 6.45) is 3.84. The molecule has 0 radical (unpaired) electrons. The quantitative estimate of drug-likeness (QED) is 0.757. The van der Waals surface area contributed by atoms with Gasteiger partial charge in [-0.1, -0.05) is 26.7 Å². The van der Waals surface area contributed by atoms with E-state index in [9.17, 15) is 0 Å². The number of hydrogen-bond acceptors (Lipinski definition) is 3. The van der Waals surface area contributed by atoms with Crippen LogP contribution in [0.1, 0.15) is 47.0 Å². The first-order valence-corrected chi connectivity index (χ1v) is 7.56. The van der Waals surface area contributed by atoms with Crippen molar-refractivity contribution in [3.8, 4) is 0 Å². The van der Waals surface area contributed by atoms with Gasteiger partial charge in [0.15, 0.2) is 0 Å². The maximum atomic E-state index is 5.47. The summed E-state index contributed by atoms with van der Waals surface area (Å²) in [6.45, 7) is 13.3. The summed E-state index contributed by atoms with van der Waals surface area (Å²) >= 11 is 0. The molecule has 3 heteroatoms. The maximum absolute atomic E-state index is 5.47. The van der Waals surface area contributed by atoms with Crippen LogP contribution in [0.3, 0.4) is 0 Å². The number of nitrogens with one attached hydrogen (secondary N) is 1. The molecular formula is C15H32N2O. The lowest BCUT2D eigenvalue weighted by Gasteiger charge is -2.46. The van der Waals surface area contributed by atoms with Crippen molar-refractivity contribution in [3.05, 3.63) is 0 Å². The van der Waals surface area contributed by atoms with E-state index in [0.717, 1.165) is 32.2 Å². The van der Waals surface area contributed by atoms with Crippen molar-refractivity contribution in [2.75, 3.05) is 33.4 Å². The largest absolute Gasteiger partial charge is 0.379 e. The fourth-order valence-corrected chi connectivity index (χ4v) is 3.07. The molecule has 1 atom stereocenters. The van der Waals surface area contributed by atoms with Crippen molar-refractivity contribution in [2.45, 2.75) is 58.5 Å². The predicted octanol–water partition coefficient (Wildman–Crippen LogP) is 2.51. The number of morpholine rings is 1. The van der Waals surface area contributed by atoms with E-state index in [0.29, 0.717) is 6.04 Å². The van der Waals surface area contributed by atoms with Crippen molar-refractivity contribution >= 4 is 0 Å². The Kier molecular flexibility index (Phi) is 6.61. The van der Waals surface area contributed by atoms with Crippen LogP contribution in [0.25, 0.3) is 0 Å². The normalized spacial score (nSPS) is 20.3. The van der Waals surface area contributed by atoms with Crippen molar-refractivity contribution in [3.63, 3.8) is 0 Å². The van der Waals surface area contributed by atoms with Gasteiger partial charge in [0.1, 0.15) is 0 Å². The van der Waals surface area contributed by atoms with Gasteiger partial charge in [-0.15, -0.1) is 0 Å². The van der Waals surface area contributed by atoms with E-state index in [2.05, 4.69) is 45.0 Å². The number of ether oxygens (including phenoxy) is 1. The van der Waals surface area contributed by atoms with Gasteiger partial charge in [0, 0.05) is 24.7 Å². The lowest BCUT2D eigenvalue weighted by Crippen LogP contribution is -2.60. The number of nitrogens with zero attached hydrogens (tertiary/aromatic N) is 1. The number of likely N-dealkylation sites (N-methyl/N-ethyl adjacent to an activating group) is 1. The minimum Gasteiger partial charge on any atom is -0.379 e. The van der Waals surface area contributed by atoms with Gasteiger partial charge in [0.05, 0.1) is 13.2 Å². The molecule has 0 aromatic carbocycles. The molecule has 0 spiro atoms. The maximum Gasteiger partial charge on any atom is 0.0594 e. The molecular weight excluding hydrogens is 224 g/mol. The fourth-order valence-electron chi connectivity index (χ4n) is 3.07. The SMILES string of the molecule is CCC(CC)CC(NC)C(C)(C)N1CCOCC1. The second-order valence-electron chi connectivity index (χ2n) is 6.01. The Hall–Kier alpha value is -0.120. The van der Waals surface area contributed by atoms with Crippen LogP contribution in [0.15, 0.2) is 0 Å². The topological polar surface area (TPSA) is 24.5 Å². The monoisotopic (exact) mass is 256 g/mol. The Morgan fingerprint density at radius 1 is 1.17 bits per heavy atom. The molecule has 0 amide bonds. The van der Waals surface area contributed by atoms with Crippen LogP contribution in [0.2, 0.25) is 0 Å². The number of rotatable bonds is 7. The smallest absolute Gasteiger partial charge is 0.0594 e. The first kappa shape index (κ1) is 15.9. The first-order chi connectivity index (χ1) is 8.56. The second-order valence-corrected chi connectivity index (χ2v) is 6.01. The Morgan fingerprint density at radius 3 is 2.17 bits per heavy atom. The zero-order valence-corrected chi connectivity index (χ0v) is 13.0. The van der Waals surface area contributed by atoms with E-state index in [-0.39, 0.29) is 5.54 Å². The Morgan fingerprint density at radius 2 is 1.72 bits per heavy atom. The zero-order chi connectivity index (χ0) is 13.6. The van der Waals surface area contributed by atoms with Crippen LogP contribution in [-0.4, -0.2) is 49.8 Å². The van der Waals surface area contributed by atoms with Crippen molar-refractivity contribution in [1.29, 1.82) is 0 Å². The van der Waals surface area contributed by atoms with Gasteiger partial charge < -0.3 is 10.1 Å². The summed E-state index contributed by atoms with van der Waals surface area (Å²) in [5, 5.41) is 3.56. The van der Waals surface area contributed by atoms with Gasteiger partial charge in [-0.2, -0.15) is 0 Å². The molecule has 0 aromatic heterocycles. The van der Waals surface area contributed by atoms with Crippen molar-refractivity contribution in [2.24, 2.45) is 5.92 Å². The third-order valence-corrected chi connectivity index (χ3v) is 4.75. The summed E-state index contributed by atoms with van der Waals surface area (Å²) in [5.41, 5.74) is 0.209. The molecule has 1 heterocycles. The highest BCUT2D eigenvalue weighted by Gasteiger charge is 2.36. The molecule has 1 N–H and O–H groups in total. The minimum atomic E-state index is 0.209. The minimum absolute atomic E-state index is 0.209. The fraction of sp³-hybridized carbons (Fsp3) is 1.00. The van der Waals surface area contributed by atoms with Gasteiger partial charge in [-0.25, -0.2) is 0 Å². The van der Waals surface area contributed by atoms with Crippen molar-refractivity contribution in [1.82, 2.24) is 10.2 Å². The third kappa shape index (κ3) is 3.94. The van der Waals surface area contributed by atoms with Crippen LogP contribution in [0.4, 0.5) is 0 Å². The van der Waals surface area contributed by atoms with Crippen LogP contribution >= 0.6 is 0 Å². The Labute approximate surface area is 113 Å². The standard InChI is InChI=1S/C15H32N2O/c1-6-13(7-2)12-14(16-5)15(3,4)17-8-10-18-11-9-17/h13-14,16H,6-12H2,1-5H3. The van der Waals surface area contributed by atoms with E-state index in [1.54, 1.807) is 0 Å². The molecule has 0 saturated carbocycles. The molecule has 1 aliphatic rings. The van der Waals surface area contributed by atoms with E-state index in [1.165, 1.54) is 19.3 Å². The van der Waals surface area contributed by atoms with E-state index in [1.807, 2.05) is 0 Å². The summed E-state index contributed by atoms with van der Waals surface area (Å²) < 4.78 is 5.47. The van der Waals surface area contributed by atoms with Gasteiger partial charge in [0.2, 0.25) is 0 Å². The van der Waals surface area contributed by atoms with Gasteiger partial charge in [-0.3, -0.25) is 4.90 Å². The Bertz CT molecular complexity index is 221. The average molecular weight is 256 g/mol. The van der Waals surface area contributed by atoms with Gasteiger partial charge in [-0.05, 0) is 33.2 Å². The van der Waals surface area contributed by atoms with Crippen LogP contribution in [0, 0.1) is 5.92 Å². The molecule has 108 valence electrons. The predicted molar refractivity (Wildman–Crippen MR) is 78.0 cm³/mol. The lowest BCUT2D eigenvalue weighted by atomic mass is 9.83. The summed E-state index contributed by atoms with van der Waals surface area (Å²) in [6, 6.07) is 0.556. The van der Waals surface area contributed by atoms with E-state index in [4.69, 9.17) is 4.74 Å². The molecule has 1 saturated heterocycles. The molecule has 1 unspecified atom stereocenters. The average Bonchev–Trinajstić information content (AvgIpc) is 2.41. The second kappa shape index (κ2) is 7.46. The lowest BCUT2D eigenvalue weighted by molar-refractivity contribution is -0.0255. The molecule has 0 aromatic rings. The first-order valence-electron chi connectivity index (χ1n) is 7.56. The highest BCUT2D eigenvalue weighted by molar-refractivity contribution is 4.94. The summed E-state index contributed by atoms with van der Waals surface area (Å²) in [7, 11) is 2.11. The molecule has 1 fully saturated rings. The molecule has 3 nitrogen and oxygen atoms in total. The molecule has 0 aliphatic carbocycles. The molecule has 1 aliphatic heterocycles. The van der Waals surface area contributed by atoms with Crippen LogP contribution in [-0.2, 0) is 4.74 Å². The third-order valence-electron chi connectivity index (χ3n) is 4.75. The molecule has 1 rings (SSSR count). The van der Waals surface area contributed by atoms with Crippen LogP contribution < -0.4 is 5.32 Å². The summed E-state index contributed by atoms with van der Waals surface area (Å²) in [5.74, 6) is 0.836.